The lowest BCUT2D eigenvalue weighted by molar-refractivity contribution is 0.0859. The zero-order valence-electron chi connectivity index (χ0n) is 11.0. The minimum atomic E-state index is 0.235. The Morgan fingerprint density at radius 3 is 2.83 bits per heavy atom. The molecule has 98 valence electrons. The number of rotatable bonds is 4. The summed E-state index contributed by atoms with van der Waals surface area (Å²) < 4.78 is 6.62. The third kappa shape index (κ3) is 3.21. The monoisotopic (exact) mass is 310 g/mol. The highest BCUT2D eigenvalue weighted by atomic mass is 79.9. The van der Waals surface area contributed by atoms with E-state index >= 15 is 0 Å². The van der Waals surface area contributed by atoms with Crippen LogP contribution in [0.4, 0.5) is 0 Å². The molecule has 1 heterocycles. The quantitative estimate of drug-likeness (QED) is 0.779. The molecule has 0 amide bonds. The van der Waals surface area contributed by atoms with Crippen molar-refractivity contribution in [1.82, 2.24) is 0 Å². The lowest BCUT2D eigenvalue weighted by Crippen LogP contribution is -2.10. The maximum absolute atomic E-state index is 12.2. The van der Waals surface area contributed by atoms with Gasteiger partial charge in [0.25, 0.3) is 0 Å². The van der Waals surface area contributed by atoms with Crippen LogP contribution in [0.25, 0.3) is 0 Å². The van der Waals surface area contributed by atoms with Crippen LogP contribution in [0.5, 0.6) is 0 Å². The summed E-state index contributed by atoms with van der Waals surface area (Å²) in [5.74, 6) is 0.235. The van der Waals surface area contributed by atoms with Gasteiger partial charge in [0.15, 0.2) is 5.78 Å². The molecule has 0 bridgehead atoms. The number of ketones is 1. The van der Waals surface area contributed by atoms with Gasteiger partial charge in [-0.05, 0) is 56.4 Å². The van der Waals surface area contributed by atoms with Gasteiger partial charge in [-0.25, -0.2) is 0 Å². The second-order valence-electron chi connectivity index (χ2n) is 5.01. The highest BCUT2D eigenvalue weighted by Gasteiger charge is 2.18. The molecular weight excluding hydrogens is 292 g/mol. The third-order valence-electron chi connectivity index (χ3n) is 3.52. The van der Waals surface area contributed by atoms with E-state index in [4.69, 9.17) is 4.74 Å². The Kier molecular flexibility index (Phi) is 4.57. The molecule has 1 aliphatic rings. The molecule has 0 N–H and O–H groups in total. The van der Waals surface area contributed by atoms with Gasteiger partial charge in [-0.2, -0.15) is 0 Å². The molecule has 2 rings (SSSR count). The molecule has 1 unspecified atom stereocenters. The molecule has 0 aliphatic carbocycles. The molecule has 1 fully saturated rings. The largest absolute Gasteiger partial charge is 0.378 e. The predicted octanol–water partition coefficient (Wildman–Crippen LogP) is 4.21. The molecule has 3 heteroatoms. The Morgan fingerprint density at radius 2 is 2.17 bits per heavy atom. The lowest BCUT2D eigenvalue weighted by Gasteiger charge is -2.11. The lowest BCUT2D eigenvalue weighted by atomic mass is 9.98. The zero-order chi connectivity index (χ0) is 13.1. The van der Waals surface area contributed by atoms with Crippen LogP contribution in [0.1, 0.15) is 47.2 Å². The topological polar surface area (TPSA) is 26.3 Å². The van der Waals surface area contributed by atoms with Gasteiger partial charge < -0.3 is 4.74 Å². The number of carbonyl (C=O) groups is 1. The maximum atomic E-state index is 12.2. The third-order valence-corrected chi connectivity index (χ3v) is 4.38. The van der Waals surface area contributed by atoms with E-state index < -0.39 is 0 Å². The van der Waals surface area contributed by atoms with Crippen molar-refractivity contribution in [2.75, 3.05) is 6.61 Å². The molecule has 0 spiro atoms. The van der Waals surface area contributed by atoms with Gasteiger partial charge in [0.1, 0.15) is 0 Å². The number of aryl methyl sites for hydroxylation is 2. The van der Waals surface area contributed by atoms with Crippen molar-refractivity contribution < 1.29 is 9.53 Å². The van der Waals surface area contributed by atoms with Gasteiger partial charge in [-0.1, -0.05) is 15.9 Å². The Labute approximate surface area is 117 Å². The Balaban J connectivity index is 2.01. The standard InChI is InChI=1S/C15H19BrO2/c1-10-9-14(16)11(2)8-13(10)15(17)6-5-12-4-3-7-18-12/h8-9,12H,3-7H2,1-2H3. The van der Waals surface area contributed by atoms with Gasteiger partial charge in [-0.15, -0.1) is 0 Å². The van der Waals surface area contributed by atoms with E-state index in [0.29, 0.717) is 12.5 Å². The van der Waals surface area contributed by atoms with Crippen molar-refractivity contribution in [3.05, 3.63) is 33.3 Å². The molecule has 18 heavy (non-hydrogen) atoms. The minimum Gasteiger partial charge on any atom is -0.378 e. The number of ether oxygens (including phenoxy) is 1. The van der Waals surface area contributed by atoms with Crippen LogP contribution in [-0.2, 0) is 4.74 Å². The van der Waals surface area contributed by atoms with Crippen molar-refractivity contribution in [2.45, 2.75) is 45.6 Å². The molecule has 0 radical (unpaired) electrons. The smallest absolute Gasteiger partial charge is 0.163 e. The van der Waals surface area contributed by atoms with Gasteiger partial charge in [0.05, 0.1) is 6.10 Å². The molecule has 1 aromatic rings. The molecular formula is C15H19BrO2. The van der Waals surface area contributed by atoms with Crippen molar-refractivity contribution in [2.24, 2.45) is 0 Å². The first-order chi connectivity index (χ1) is 8.58. The first-order valence-electron chi connectivity index (χ1n) is 6.49. The zero-order valence-corrected chi connectivity index (χ0v) is 12.5. The fraction of sp³-hybridized carbons (Fsp3) is 0.533. The van der Waals surface area contributed by atoms with Gasteiger partial charge in [-0.3, -0.25) is 4.79 Å². The van der Waals surface area contributed by atoms with E-state index in [1.807, 2.05) is 26.0 Å². The Bertz CT molecular complexity index is 448. The maximum Gasteiger partial charge on any atom is 0.163 e. The SMILES string of the molecule is Cc1cc(C(=O)CCC2CCCO2)c(C)cc1Br. The first kappa shape index (κ1) is 13.8. The van der Waals surface area contributed by atoms with Crippen LogP contribution in [0.15, 0.2) is 16.6 Å². The molecule has 0 aromatic heterocycles. The number of benzene rings is 1. The van der Waals surface area contributed by atoms with Crippen molar-refractivity contribution in [1.29, 1.82) is 0 Å². The van der Waals surface area contributed by atoms with Crippen molar-refractivity contribution in [3.8, 4) is 0 Å². The van der Waals surface area contributed by atoms with Crippen LogP contribution < -0.4 is 0 Å². The molecule has 1 atom stereocenters. The second kappa shape index (κ2) is 5.98. The van der Waals surface area contributed by atoms with Crippen molar-refractivity contribution in [3.63, 3.8) is 0 Å². The van der Waals surface area contributed by atoms with E-state index in [-0.39, 0.29) is 5.78 Å². The van der Waals surface area contributed by atoms with Crippen LogP contribution >= 0.6 is 15.9 Å². The average molecular weight is 311 g/mol. The number of carbonyl (C=O) groups excluding carboxylic acids is 1. The van der Waals surface area contributed by atoms with E-state index in [2.05, 4.69) is 15.9 Å². The summed E-state index contributed by atoms with van der Waals surface area (Å²) in [5.41, 5.74) is 3.01. The summed E-state index contributed by atoms with van der Waals surface area (Å²) in [5, 5.41) is 0. The summed E-state index contributed by atoms with van der Waals surface area (Å²) in [6, 6.07) is 4.01. The second-order valence-corrected chi connectivity index (χ2v) is 5.87. The molecule has 0 saturated carbocycles. The van der Waals surface area contributed by atoms with Crippen LogP contribution in [0, 0.1) is 13.8 Å². The first-order valence-corrected chi connectivity index (χ1v) is 7.29. The normalized spacial score (nSPS) is 19.2. The number of Topliss-reactive ketones (excluding diaryl/α,β-unsaturated/α-hetero) is 1. The minimum absolute atomic E-state index is 0.235. The number of hydrogen-bond acceptors (Lipinski definition) is 2. The number of hydrogen-bond donors (Lipinski definition) is 0. The van der Waals surface area contributed by atoms with E-state index in [0.717, 1.165) is 47.0 Å². The Morgan fingerprint density at radius 1 is 1.39 bits per heavy atom. The summed E-state index contributed by atoms with van der Waals surface area (Å²) in [6.45, 7) is 4.86. The van der Waals surface area contributed by atoms with Gasteiger partial charge >= 0.3 is 0 Å². The van der Waals surface area contributed by atoms with E-state index in [9.17, 15) is 4.79 Å². The van der Waals surface area contributed by atoms with Crippen LogP contribution in [-0.4, -0.2) is 18.5 Å². The number of halogens is 1. The summed E-state index contributed by atoms with van der Waals surface area (Å²) in [6.07, 6.45) is 3.98. The fourth-order valence-electron chi connectivity index (χ4n) is 2.38. The predicted molar refractivity (Wildman–Crippen MR) is 76.2 cm³/mol. The van der Waals surface area contributed by atoms with Gasteiger partial charge in [0, 0.05) is 23.1 Å². The van der Waals surface area contributed by atoms with Crippen LogP contribution in [0.3, 0.4) is 0 Å². The molecule has 2 nitrogen and oxygen atoms in total. The van der Waals surface area contributed by atoms with E-state index in [1.54, 1.807) is 0 Å². The molecule has 1 aromatic carbocycles. The highest BCUT2D eigenvalue weighted by molar-refractivity contribution is 9.10. The molecule has 1 saturated heterocycles. The summed E-state index contributed by atoms with van der Waals surface area (Å²) in [4.78, 5) is 12.2. The summed E-state index contributed by atoms with van der Waals surface area (Å²) >= 11 is 3.49. The fourth-order valence-corrected chi connectivity index (χ4v) is 2.84. The summed E-state index contributed by atoms with van der Waals surface area (Å²) in [7, 11) is 0. The van der Waals surface area contributed by atoms with Crippen molar-refractivity contribution >= 4 is 21.7 Å². The highest BCUT2D eigenvalue weighted by Crippen LogP contribution is 2.23. The van der Waals surface area contributed by atoms with Gasteiger partial charge in [0.2, 0.25) is 0 Å². The average Bonchev–Trinajstić information content (AvgIpc) is 2.84. The van der Waals surface area contributed by atoms with E-state index in [1.165, 1.54) is 0 Å². The van der Waals surface area contributed by atoms with Crippen LogP contribution in [0.2, 0.25) is 0 Å². The Hall–Kier alpha value is -0.670. The molecule has 1 aliphatic heterocycles.